The predicted molar refractivity (Wildman–Crippen MR) is 94.9 cm³/mol. The number of rotatable bonds is 9. The third-order valence-electron chi connectivity index (χ3n) is 4.32. The minimum atomic E-state index is -0.182. The monoisotopic (exact) mass is 368 g/mol. The van der Waals surface area contributed by atoms with Crippen molar-refractivity contribution < 1.29 is 9.47 Å². The van der Waals surface area contributed by atoms with Gasteiger partial charge in [0.15, 0.2) is 6.29 Å². The van der Waals surface area contributed by atoms with Gasteiger partial charge in [-0.1, -0.05) is 79.9 Å². The SMILES string of the molecule is CCCCCCCCCC1COC(c2ccc(Br)cc2)OC1. The van der Waals surface area contributed by atoms with Crippen molar-refractivity contribution >= 4 is 15.9 Å². The average Bonchev–Trinajstić information content (AvgIpc) is 2.55. The minimum absolute atomic E-state index is 0.182. The highest BCUT2D eigenvalue weighted by Gasteiger charge is 2.23. The summed E-state index contributed by atoms with van der Waals surface area (Å²) in [5, 5.41) is 0. The second kappa shape index (κ2) is 10.4. The summed E-state index contributed by atoms with van der Waals surface area (Å²) in [4.78, 5) is 0. The van der Waals surface area contributed by atoms with E-state index in [1.165, 1.54) is 51.4 Å². The summed E-state index contributed by atoms with van der Waals surface area (Å²) in [6, 6.07) is 8.19. The van der Waals surface area contributed by atoms with E-state index in [0.717, 1.165) is 23.2 Å². The third-order valence-corrected chi connectivity index (χ3v) is 4.85. The molecule has 1 aliphatic rings. The molecule has 0 radical (unpaired) electrons. The maximum atomic E-state index is 5.89. The Bertz CT molecular complexity index is 396. The molecule has 3 heteroatoms. The molecule has 0 bridgehead atoms. The average molecular weight is 369 g/mol. The first-order chi connectivity index (χ1) is 10.8. The maximum Gasteiger partial charge on any atom is 0.183 e. The normalized spacial score (nSPS) is 21.9. The largest absolute Gasteiger partial charge is 0.348 e. The van der Waals surface area contributed by atoms with E-state index < -0.39 is 0 Å². The molecule has 2 nitrogen and oxygen atoms in total. The first-order valence-corrected chi connectivity index (χ1v) is 9.57. The van der Waals surface area contributed by atoms with Gasteiger partial charge in [0.05, 0.1) is 13.2 Å². The fourth-order valence-corrected chi connectivity index (χ4v) is 3.18. The molecule has 0 atom stereocenters. The lowest BCUT2D eigenvalue weighted by Crippen LogP contribution is -2.27. The van der Waals surface area contributed by atoms with Crippen molar-refractivity contribution in [2.75, 3.05) is 13.2 Å². The van der Waals surface area contributed by atoms with Gasteiger partial charge in [0.1, 0.15) is 0 Å². The Kier molecular flexibility index (Phi) is 8.50. The summed E-state index contributed by atoms with van der Waals surface area (Å²) in [5.41, 5.74) is 1.11. The number of halogens is 1. The van der Waals surface area contributed by atoms with Gasteiger partial charge in [0, 0.05) is 16.0 Å². The van der Waals surface area contributed by atoms with E-state index in [1.54, 1.807) is 0 Å². The van der Waals surface area contributed by atoms with E-state index in [2.05, 4.69) is 35.0 Å². The van der Waals surface area contributed by atoms with Gasteiger partial charge in [-0.05, 0) is 18.6 Å². The topological polar surface area (TPSA) is 18.5 Å². The van der Waals surface area contributed by atoms with Gasteiger partial charge in [-0.15, -0.1) is 0 Å². The second-order valence-corrected chi connectivity index (χ2v) is 7.24. The lowest BCUT2D eigenvalue weighted by atomic mass is 10.0. The lowest BCUT2D eigenvalue weighted by molar-refractivity contribution is -0.206. The van der Waals surface area contributed by atoms with Crippen LogP contribution in [-0.2, 0) is 9.47 Å². The Morgan fingerprint density at radius 2 is 1.50 bits per heavy atom. The molecule has 1 aliphatic heterocycles. The Morgan fingerprint density at radius 1 is 0.909 bits per heavy atom. The van der Waals surface area contributed by atoms with Crippen LogP contribution in [0.3, 0.4) is 0 Å². The van der Waals surface area contributed by atoms with Crippen LogP contribution in [0.2, 0.25) is 0 Å². The quantitative estimate of drug-likeness (QED) is 0.479. The molecule has 0 unspecified atom stereocenters. The smallest absolute Gasteiger partial charge is 0.183 e. The van der Waals surface area contributed by atoms with Crippen molar-refractivity contribution in [1.82, 2.24) is 0 Å². The van der Waals surface area contributed by atoms with Gasteiger partial charge in [-0.25, -0.2) is 0 Å². The molecule has 0 spiro atoms. The number of hydrogen-bond acceptors (Lipinski definition) is 2. The Labute approximate surface area is 143 Å². The Balaban J connectivity index is 1.56. The van der Waals surface area contributed by atoms with Crippen molar-refractivity contribution in [3.63, 3.8) is 0 Å². The Hall–Kier alpha value is -0.380. The molecule has 0 amide bonds. The van der Waals surface area contributed by atoms with Gasteiger partial charge in [0.2, 0.25) is 0 Å². The van der Waals surface area contributed by atoms with Crippen LogP contribution >= 0.6 is 15.9 Å². The van der Waals surface area contributed by atoms with Crippen LogP contribution in [0.1, 0.15) is 70.1 Å². The highest BCUT2D eigenvalue weighted by molar-refractivity contribution is 9.10. The molecule has 0 aromatic heterocycles. The van der Waals surface area contributed by atoms with E-state index in [4.69, 9.17) is 9.47 Å². The summed E-state index contributed by atoms with van der Waals surface area (Å²) in [7, 11) is 0. The molecular formula is C19H29BrO2. The molecule has 1 aromatic carbocycles. The van der Waals surface area contributed by atoms with Gasteiger partial charge in [0.25, 0.3) is 0 Å². The van der Waals surface area contributed by atoms with Crippen LogP contribution in [-0.4, -0.2) is 13.2 Å². The molecular weight excluding hydrogens is 340 g/mol. The summed E-state index contributed by atoms with van der Waals surface area (Å²) in [5.74, 6) is 0.572. The fraction of sp³-hybridized carbons (Fsp3) is 0.684. The van der Waals surface area contributed by atoms with E-state index in [1.807, 2.05) is 12.1 Å². The highest BCUT2D eigenvalue weighted by Crippen LogP contribution is 2.28. The maximum absolute atomic E-state index is 5.89. The molecule has 1 aromatic rings. The lowest BCUT2D eigenvalue weighted by Gasteiger charge is -2.29. The second-order valence-electron chi connectivity index (χ2n) is 6.33. The molecule has 0 N–H and O–H groups in total. The van der Waals surface area contributed by atoms with Gasteiger partial charge >= 0.3 is 0 Å². The number of ether oxygens (including phenoxy) is 2. The molecule has 22 heavy (non-hydrogen) atoms. The van der Waals surface area contributed by atoms with Crippen molar-refractivity contribution in [1.29, 1.82) is 0 Å². The number of benzene rings is 1. The summed E-state index contributed by atoms with van der Waals surface area (Å²) < 4.78 is 12.9. The highest BCUT2D eigenvalue weighted by atomic mass is 79.9. The van der Waals surface area contributed by atoms with Gasteiger partial charge in [-0.2, -0.15) is 0 Å². The van der Waals surface area contributed by atoms with Crippen LogP contribution in [0.25, 0.3) is 0 Å². The summed E-state index contributed by atoms with van der Waals surface area (Å²) >= 11 is 3.45. The minimum Gasteiger partial charge on any atom is -0.348 e. The third kappa shape index (κ3) is 6.39. The molecule has 2 rings (SSSR count). The van der Waals surface area contributed by atoms with Crippen molar-refractivity contribution in [2.45, 2.75) is 64.6 Å². The van der Waals surface area contributed by atoms with Crippen molar-refractivity contribution in [2.24, 2.45) is 5.92 Å². The van der Waals surface area contributed by atoms with E-state index in [9.17, 15) is 0 Å². The molecule has 1 heterocycles. The van der Waals surface area contributed by atoms with Gasteiger partial charge < -0.3 is 9.47 Å². The van der Waals surface area contributed by atoms with Gasteiger partial charge in [-0.3, -0.25) is 0 Å². The first-order valence-electron chi connectivity index (χ1n) is 8.78. The van der Waals surface area contributed by atoms with E-state index in [0.29, 0.717) is 5.92 Å². The standard InChI is InChI=1S/C19H29BrO2/c1-2-3-4-5-6-7-8-9-16-14-21-19(22-15-16)17-10-12-18(20)13-11-17/h10-13,16,19H,2-9,14-15H2,1H3. The first kappa shape index (κ1) is 18.0. The number of hydrogen-bond donors (Lipinski definition) is 0. The van der Waals surface area contributed by atoms with Crippen LogP contribution in [0.5, 0.6) is 0 Å². The Morgan fingerprint density at radius 3 is 2.14 bits per heavy atom. The van der Waals surface area contributed by atoms with E-state index >= 15 is 0 Å². The molecule has 1 fully saturated rings. The fourth-order valence-electron chi connectivity index (χ4n) is 2.91. The molecule has 124 valence electrons. The number of unbranched alkanes of at least 4 members (excludes halogenated alkanes) is 6. The predicted octanol–water partition coefficient (Wildman–Crippen LogP) is 6.25. The summed E-state index contributed by atoms with van der Waals surface area (Å²) in [6.07, 6.45) is 10.6. The zero-order chi connectivity index (χ0) is 15.6. The van der Waals surface area contributed by atoms with Crippen LogP contribution in [0.15, 0.2) is 28.7 Å². The van der Waals surface area contributed by atoms with Crippen LogP contribution < -0.4 is 0 Å². The van der Waals surface area contributed by atoms with Crippen molar-refractivity contribution in [3.8, 4) is 0 Å². The van der Waals surface area contributed by atoms with Crippen LogP contribution in [0.4, 0.5) is 0 Å². The van der Waals surface area contributed by atoms with E-state index in [-0.39, 0.29) is 6.29 Å². The zero-order valence-electron chi connectivity index (χ0n) is 13.7. The van der Waals surface area contributed by atoms with Crippen LogP contribution in [0, 0.1) is 5.92 Å². The summed E-state index contributed by atoms with van der Waals surface area (Å²) in [6.45, 7) is 3.93. The zero-order valence-corrected chi connectivity index (χ0v) is 15.3. The molecule has 1 saturated heterocycles. The van der Waals surface area contributed by atoms with Crippen molar-refractivity contribution in [3.05, 3.63) is 34.3 Å². The molecule has 0 aliphatic carbocycles. The molecule has 0 saturated carbocycles.